The molecule has 0 spiro atoms. The highest BCUT2D eigenvalue weighted by molar-refractivity contribution is 5.58. The second kappa shape index (κ2) is 6.19. The normalized spacial score (nSPS) is 19.9. The van der Waals surface area contributed by atoms with E-state index >= 15 is 0 Å². The molecule has 20 heavy (non-hydrogen) atoms. The molecule has 1 aliphatic rings. The molecule has 1 fully saturated rings. The highest BCUT2D eigenvalue weighted by Crippen LogP contribution is 2.28. The second-order valence-corrected chi connectivity index (χ2v) is 5.50. The first-order chi connectivity index (χ1) is 9.62. The SMILES string of the molecule is CCc1nnc(N2CCC(C(C)N)C2)c(C#N)c1CC. The standard InChI is InChI=1S/C15H23N5/c1-4-12-13(8-16)15(19-18-14(12)5-2)20-7-6-11(9-20)10(3)17/h10-11H,4-7,9,17H2,1-3H3. The Kier molecular flexibility index (Phi) is 4.56. The zero-order valence-electron chi connectivity index (χ0n) is 12.6. The van der Waals surface area contributed by atoms with E-state index in [1.165, 1.54) is 0 Å². The first kappa shape index (κ1) is 14.7. The van der Waals surface area contributed by atoms with Gasteiger partial charge in [0.25, 0.3) is 0 Å². The van der Waals surface area contributed by atoms with Gasteiger partial charge in [0.1, 0.15) is 11.6 Å². The van der Waals surface area contributed by atoms with E-state index in [1.54, 1.807) is 0 Å². The maximum atomic E-state index is 9.52. The first-order valence-electron chi connectivity index (χ1n) is 7.41. The van der Waals surface area contributed by atoms with E-state index in [1.807, 2.05) is 13.8 Å². The molecule has 2 heterocycles. The Bertz CT molecular complexity index is 518. The lowest BCUT2D eigenvalue weighted by Crippen LogP contribution is -2.30. The summed E-state index contributed by atoms with van der Waals surface area (Å²) in [5, 5.41) is 18.2. The quantitative estimate of drug-likeness (QED) is 0.902. The second-order valence-electron chi connectivity index (χ2n) is 5.50. The summed E-state index contributed by atoms with van der Waals surface area (Å²) in [7, 11) is 0. The molecule has 1 aromatic heterocycles. The Hall–Kier alpha value is -1.67. The summed E-state index contributed by atoms with van der Waals surface area (Å²) in [6, 6.07) is 2.52. The van der Waals surface area contributed by atoms with E-state index in [2.05, 4.69) is 28.1 Å². The number of hydrogen-bond acceptors (Lipinski definition) is 5. The monoisotopic (exact) mass is 273 g/mol. The van der Waals surface area contributed by atoms with Gasteiger partial charge in [0, 0.05) is 19.1 Å². The molecule has 0 amide bonds. The minimum absolute atomic E-state index is 0.180. The van der Waals surface area contributed by atoms with Crippen molar-refractivity contribution in [3.8, 4) is 6.07 Å². The zero-order valence-corrected chi connectivity index (χ0v) is 12.6. The number of aryl methyl sites for hydroxylation is 1. The van der Waals surface area contributed by atoms with Crippen molar-refractivity contribution in [2.75, 3.05) is 18.0 Å². The lowest BCUT2D eigenvalue weighted by atomic mass is 10.0. The van der Waals surface area contributed by atoms with Gasteiger partial charge in [-0.15, -0.1) is 5.10 Å². The molecular weight excluding hydrogens is 250 g/mol. The molecule has 1 aromatic rings. The van der Waals surface area contributed by atoms with E-state index in [4.69, 9.17) is 5.73 Å². The lowest BCUT2D eigenvalue weighted by Gasteiger charge is -2.21. The predicted molar refractivity (Wildman–Crippen MR) is 79.5 cm³/mol. The van der Waals surface area contributed by atoms with Crippen LogP contribution in [0, 0.1) is 17.2 Å². The molecule has 2 rings (SSSR count). The van der Waals surface area contributed by atoms with Crippen LogP contribution in [0.4, 0.5) is 5.82 Å². The Morgan fingerprint density at radius 2 is 2.15 bits per heavy atom. The summed E-state index contributed by atoms with van der Waals surface area (Å²) in [5.41, 5.74) is 8.67. The Labute approximate surface area is 120 Å². The van der Waals surface area contributed by atoms with Gasteiger partial charge in [-0.1, -0.05) is 13.8 Å². The molecule has 0 radical (unpaired) electrons. The van der Waals surface area contributed by atoms with Crippen molar-refractivity contribution in [2.45, 2.75) is 46.1 Å². The van der Waals surface area contributed by atoms with Gasteiger partial charge >= 0.3 is 0 Å². The summed E-state index contributed by atoms with van der Waals surface area (Å²) >= 11 is 0. The van der Waals surface area contributed by atoms with Crippen LogP contribution in [0.5, 0.6) is 0 Å². The van der Waals surface area contributed by atoms with Gasteiger partial charge in [0.2, 0.25) is 0 Å². The molecule has 108 valence electrons. The van der Waals surface area contributed by atoms with Crippen LogP contribution in [-0.2, 0) is 12.8 Å². The van der Waals surface area contributed by atoms with Crippen molar-refractivity contribution < 1.29 is 0 Å². The van der Waals surface area contributed by atoms with Crippen LogP contribution < -0.4 is 10.6 Å². The fourth-order valence-corrected chi connectivity index (χ4v) is 2.91. The molecule has 0 bridgehead atoms. The molecule has 5 heteroatoms. The fraction of sp³-hybridized carbons (Fsp3) is 0.667. The number of aromatic nitrogens is 2. The van der Waals surface area contributed by atoms with Gasteiger partial charge < -0.3 is 10.6 Å². The van der Waals surface area contributed by atoms with Crippen LogP contribution in [0.3, 0.4) is 0 Å². The summed E-state index contributed by atoms with van der Waals surface area (Å²) in [6.07, 6.45) is 2.69. The van der Waals surface area contributed by atoms with Crippen LogP contribution in [0.1, 0.15) is 44.0 Å². The van der Waals surface area contributed by atoms with Crippen molar-refractivity contribution in [3.05, 3.63) is 16.8 Å². The van der Waals surface area contributed by atoms with Crippen molar-refractivity contribution in [3.63, 3.8) is 0 Å². The molecule has 2 atom stereocenters. The number of nitriles is 1. The van der Waals surface area contributed by atoms with Gasteiger partial charge in [-0.25, -0.2) is 0 Å². The molecule has 2 unspecified atom stereocenters. The summed E-state index contributed by atoms with van der Waals surface area (Å²) in [4.78, 5) is 2.16. The number of nitrogens with zero attached hydrogens (tertiary/aromatic N) is 4. The van der Waals surface area contributed by atoms with Crippen LogP contribution in [-0.4, -0.2) is 29.3 Å². The minimum atomic E-state index is 0.180. The Morgan fingerprint density at radius 3 is 2.65 bits per heavy atom. The third kappa shape index (κ3) is 2.61. The number of anilines is 1. The average molecular weight is 273 g/mol. The largest absolute Gasteiger partial charge is 0.354 e. The number of nitrogens with two attached hydrogens (primary N) is 1. The van der Waals surface area contributed by atoms with E-state index in [0.29, 0.717) is 11.5 Å². The Balaban J connectivity index is 2.36. The summed E-state index contributed by atoms with van der Waals surface area (Å²) in [6.45, 7) is 7.93. The summed E-state index contributed by atoms with van der Waals surface area (Å²) < 4.78 is 0. The van der Waals surface area contributed by atoms with Gasteiger partial charge in [-0.05, 0) is 37.7 Å². The molecular formula is C15H23N5. The third-order valence-electron chi connectivity index (χ3n) is 4.21. The Morgan fingerprint density at radius 1 is 1.40 bits per heavy atom. The third-order valence-corrected chi connectivity index (χ3v) is 4.21. The summed E-state index contributed by atoms with van der Waals surface area (Å²) in [5.74, 6) is 1.21. The molecule has 2 N–H and O–H groups in total. The molecule has 1 aliphatic heterocycles. The van der Waals surface area contributed by atoms with Gasteiger partial charge in [-0.2, -0.15) is 10.4 Å². The van der Waals surface area contributed by atoms with Gasteiger partial charge in [-0.3, -0.25) is 0 Å². The van der Waals surface area contributed by atoms with E-state index in [9.17, 15) is 5.26 Å². The molecule has 0 saturated carbocycles. The average Bonchev–Trinajstić information content (AvgIpc) is 2.95. The molecule has 5 nitrogen and oxygen atoms in total. The highest BCUT2D eigenvalue weighted by atomic mass is 15.3. The molecule has 0 aromatic carbocycles. The van der Waals surface area contributed by atoms with Crippen molar-refractivity contribution in [1.29, 1.82) is 5.26 Å². The van der Waals surface area contributed by atoms with E-state index < -0.39 is 0 Å². The van der Waals surface area contributed by atoms with Crippen LogP contribution in [0.15, 0.2) is 0 Å². The first-order valence-corrected chi connectivity index (χ1v) is 7.41. The van der Waals surface area contributed by atoms with Crippen LogP contribution in [0.2, 0.25) is 0 Å². The molecule has 0 aliphatic carbocycles. The number of rotatable bonds is 4. The van der Waals surface area contributed by atoms with Gasteiger partial charge in [0.15, 0.2) is 5.82 Å². The van der Waals surface area contributed by atoms with Crippen LogP contribution in [0.25, 0.3) is 0 Å². The number of hydrogen-bond donors (Lipinski definition) is 1. The van der Waals surface area contributed by atoms with E-state index in [-0.39, 0.29) is 6.04 Å². The maximum Gasteiger partial charge on any atom is 0.169 e. The van der Waals surface area contributed by atoms with Gasteiger partial charge in [0.05, 0.1) is 5.69 Å². The minimum Gasteiger partial charge on any atom is -0.354 e. The van der Waals surface area contributed by atoms with Crippen molar-refractivity contribution >= 4 is 5.82 Å². The fourth-order valence-electron chi connectivity index (χ4n) is 2.91. The van der Waals surface area contributed by atoms with Crippen molar-refractivity contribution in [1.82, 2.24) is 10.2 Å². The van der Waals surface area contributed by atoms with Crippen molar-refractivity contribution in [2.24, 2.45) is 11.7 Å². The lowest BCUT2D eigenvalue weighted by molar-refractivity contribution is 0.488. The zero-order chi connectivity index (χ0) is 14.7. The maximum absolute atomic E-state index is 9.52. The molecule has 1 saturated heterocycles. The van der Waals surface area contributed by atoms with E-state index in [0.717, 1.165) is 49.4 Å². The highest BCUT2D eigenvalue weighted by Gasteiger charge is 2.29. The van der Waals surface area contributed by atoms with Crippen LogP contribution >= 0.6 is 0 Å². The topological polar surface area (TPSA) is 78.8 Å². The smallest absolute Gasteiger partial charge is 0.169 e. The predicted octanol–water partition coefficient (Wildman–Crippen LogP) is 1.65.